The minimum atomic E-state index is -1.21. The third-order valence-electron chi connectivity index (χ3n) is 8.24. The summed E-state index contributed by atoms with van der Waals surface area (Å²) in [4.78, 5) is 43.6. The quantitative estimate of drug-likeness (QED) is 0.237. The number of aliphatic carboxylic acids is 1. The van der Waals surface area contributed by atoms with Gasteiger partial charge in [0.15, 0.2) is 0 Å². The van der Waals surface area contributed by atoms with Gasteiger partial charge >= 0.3 is 5.97 Å². The molecule has 2 aromatic rings. The molecule has 1 unspecified atom stereocenters. The van der Waals surface area contributed by atoms with E-state index in [4.69, 9.17) is 9.84 Å². The molecule has 6 atom stereocenters. The summed E-state index contributed by atoms with van der Waals surface area (Å²) in [6, 6.07) is 12.7. The highest BCUT2D eigenvalue weighted by Gasteiger charge is 2.76. The number of hydrogen-bond acceptors (Lipinski definition) is 5. The fourth-order valence-electron chi connectivity index (χ4n) is 6.62. The number of ether oxygens (including phenoxy) is 1. The van der Waals surface area contributed by atoms with E-state index in [1.807, 2.05) is 42.5 Å². The molecule has 1 spiro atoms. The summed E-state index contributed by atoms with van der Waals surface area (Å²) in [6.45, 7) is 4.53. The van der Waals surface area contributed by atoms with Crippen LogP contribution in [0.4, 0.5) is 5.69 Å². The summed E-state index contributed by atoms with van der Waals surface area (Å²) in [7, 11) is 0. The standard InChI is InChI=1S/C29H33BrN2O6/c1-2-13-31(20-12-11-18-9-5-6-10-19(18)16-20)27(35)25-29-17-21(30)24(38-29)22(28(36)37)23(29)26(34)32(25)14-7-3-4-8-15-33/h2,5-6,9-12,16,21-25,33H,1,3-4,7-8,13-15,17H2,(H,36,37)/t21?,22-,23+,24-,25-,29+/m1/s1. The Morgan fingerprint density at radius 1 is 1.16 bits per heavy atom. The van der Waals surface area contributed by atoms with Crippen LogP contribution in [0.3, 0.4) is 0 Å². The zero-order valence-electron chi connectivity index (χ0n) is 21.2. The van der Waals surface area contributed by atoms with E-state index in [2.05, 4.69) is 22.5 Å². The normalized spacial score (nSPS) is 29.6. The number of rotatable bonds is 11. The number of carbonyl (C=O) groups is 3. The van der Waals surface area contributed by atoms with Gasteiger partial charge in [0.2, 0.25) is 5.91 Å². The molecule has 3 heterocycles. The Balaban J connectivity index is 1.53. The number of amides is 2. The zero-order valence-corrected chi connectivity index (χ0v) is 22.8. The third-order valence-corrected chi connectivity index (χ3v) is 9.08. The second kappa shape index (κ2) is 10.8. The maximum atomic E-state index is 14.5. The van der Waals surface area contributed by atoms with Crippen molar-refractivity contribution in [1.82, 2.24) is 4.90 Å². The predicted octanol–water partition coefficient (Wildman–Crippen LogP) is 3.74. The Bertz CT molecular complexity index is 1250. The molecule has 2 N–H and O–H groups in total. The van der Waals surface area contributed by atoms with Crippen molar-refractivity contribution in [2.45, 2.75) is 54.7 Å². The van der Waals surface area contributed by atoms with Crippen LogP contribution in [0.1, 0.15) is 32.1 Å². The minimum absolute atomic E-state index is 0.110. The number of halogens is 1. The van der Waals surface area contributed by atoms with Crippen LogP contribution in [0.15, 0.2) is 55.1 Å². The van der Waals surface area contributed by atoms with Crippen molar-refractivity contribution in [3.05, 3.63) is 55.1 Å². The van der Waals surface area contributed by atoms with Gasteiger partial charge < -0.3 is 24.7 Å². The Morgan fingerprint density at radius 3 is 2.61 bits per heavy atom. The number of alkyl halides is 1. The predicted molar refractivity (Wildman–Crippen MR) is 147 cm³/mol. The first kappa shape index (κ1) is 26.8. The number of hydrogen-bond donors (Lipinski definition) is 2. The fourth-order valence-corrected chi connectivity index (χ4v) is 7.57. The van der Waals surface area contributed by atoms with Gasteiger partial charge in [-0.15, -0.1) is 6.58 Å². The van der Waals surface area contributed by atoms with Crippen LogP contribution in [-0.4, -0.2) is 75.2 Å². The highest BCUT2D eigenvalue weighted by Crippen LogP contribution is 2.60. The Morgan fingerprint density at radius 2 is 1.89 bits per heavy atom. The average molecular weight is 585 g/mol. The van der Waals surface area contributed by atoms with E-state index in [1.54, 1.807) is 15.9 Å². The Hall–Kier alpha value is -2.75. The van der Waals surface area contributed by atoms with E-state index < -0.39 is 35.6 Å². The van der Waals surface area contributed by atoms with Gasteiger partial charge in [0, 0.05) is 30.2 Å². The molecule has 2 aromatic carbocycles. The summed E-state index contributed by atoms with van der Waals surface area (Å²) in [5.74, 6) is -3.61. The smallest absolute Gasteiger partial charge is 0.310 e. The van der Waals surface area contributed by atoms with Gasteiger partial charge in [-0.1, -0.05) is 65.2 Å². The summed E-state index contributed by atoms with van der Waals surface area (Å²) in [5.41, 5.74) is -0.529. The number of aliphatic hydroxyl groups excluding tert-OH is 1. The lowest BCUT2D eigenvalue weighted by Crippen LogP contribution is -2.57. The molecule has 5 rings (SSSR count). The van der Waals surface area contributed by atoms with Crippen molar-refractivity contribution in [2.24, 2.45) is 11.8 Å². The van der Waals surface area contributed by atoms with Crippen molar-refractivity contribution < 1.29 is 29.3 Å². The molecule has 202 valence electrons. The fraction of sp³-hybridized carbons (Fsp3) is 0.483. The molecule has 8 nitrogen and oxygen atoms in total. The molecule has 9 heteroatoms. The third kappa shape index (κ3) is 4.34. The first-order chi connectivity index (χ1) is 18.3. The van der Waals surface area contributed by atoms with E-state index in [0.29, 0.717) is 31.5 Å². The number of likely N-dealkylation sites (tertiary alicyclic amines) is 1. The largest absolute Gasteiger partial charge is 0.481 e. The molecule has 2 bridgehead atoms. The number of nitrogens with zero attached hydrogens (tertiary/aromatic N) is 2. The van der Waals surface area contributed by atoms with Crippen LogP contribution < -0.4 is 4.90 Å². The van der Waals surface area contributed by atoms with Crippen molar-refractivity contribution in [3.63, 3.8) is 0 Å². The molecule has 0 aliphatic carbocycles. The summed E-state index contributed by atoms with van der Waals surface area (Å²) < 4.78 is 6.39. The van der Waals surface area contributed by atoms with Crippen LogP contribution in [-0.2, 0) is 19.1 Å². The van der Waals surface area contributed by atoms with Gasteiger partial charge in [-0.2, -0.15) is 0 Å². The lowest BCUT2D eigenvalue weighted by atomic mass is 9.70. The summed E-state index contributed by atoms with van der Waals surface area (Å²) in [6.07, 6.45) is 4.29. The van der Waals surface area contributed by atoms with Gasteiger partial charge in [0.1, 0.15) is 11.6 Å². The molecule has 0 saturated carbocycles. The number of carbonyl (C=O) groups excluding carboxylic acids is 2. The molecular formula is C29H33BrN2O6. The van der Waals surface area contributed by atoms with E-state index in [9.17, 15) is 19.5 Å². The number of carboxylic acids is 1. The molecule has 3 aliphatic rings. The summed E-state index contributed by atoms with van der Waals surface area (Å²) in [5, 5.41) is 21.2. The van der Waals surface area contributed by atoms with Crippen molar-refractivity contribution >= 4 is 50.2 Å². The van der Waals surface area contributed by atoms with Gasteiger partial charge in [-0.3, -0.25) is 14.4 Å². The number of anilines is 1. The van der Waals surface area contributed by atoms with Crippen LogP contribution in [0, 0.1) is 11.8 Å². The molecular weight excluding hydrogens is 552 g/mol. The van der Waals surface area contributed by atoms with Crippen LogP contribution in [0.5, 0.6) is 0 Å². The van der Waals surface area contributed by atoms with Crippen LogP contribution in [0.25, 0.3) is 10.8 Å². The number of fused-ring (bicyclic) bond motifs is 2. The zero-order chi connectivity index (χ0) is 27.0. The van der Waals surface area contributed by atoms with E-state index >= 15 is 0 Å². The molecule has 0 aromatic heterocycles. The van der Waals surface area contributed by atoms with E-state index in [1.165, 1.54) is 0 Å². The van der Waals surface area contributed by atoms with Crippen molar-refractivity contribution in [1.29, 1.82) is 0 Å². The molecule has 2 amide bonds. The molecule has 0 radical (unpaired) electrons. The number of benzene rings is 2. The van der Waals surface area contributed by atoms with Gasteiger partial charge in [0.05, 0.1) is 17.9 Å². The second-order valence-corrected chi connectivity index (χ2v) is 11.6. The Kier molecular flexibility index (Phi) is 7.62. The highest BCUT2D eigenvalue weighted by atomic mass is 79.9. The number of unbranched alkanes of at least 4 members (excludes halogenated alkanes) is 3. The number of aliphatic hydroxyl groups is 1. The molecule has 38 heavy (non-hydrogen) atoms. The van der Waals surface area contributed by atoms with Crippen LogP contribution in [0.2, 0.25) is 0 Å². The summed E-state index contributed by atoms with van der Waals surface area (Å²) >= 11 is 3.59. The average Bonchev–Trinajstić information content (AvgIpc) is 3.50. The maximum absolute atomic E-state index is 14.5. The topological polar surface area (TPSA) is 107 Å². The van der Waals surface area contributed by atoms with Crippen LogP contribution >= 0.6 is 15.9 Å². The minimum Gasteiger partial charge on any atom is -0.481 e. The SMILES string of the molecule is C=CCN(C(=O)[C@H]1N(CCCCCCO)C(=O)[C@@H]2[C@@H](C(=O)O)[C@@H]3O[C@@]21CC3Br)c1ccc2ccccc2c1. The first-order valence-electron chi connectivity index (χ1n) is 13.2. The highest BCUT2D eigenvalue weighted by molar-refractivity contribution is 9.09. The van der Waals surface area contributed by atoms with Gasteiger partial charge in [-0.05, 0) is 42.2 Å². The van der Waals surface area contributed by atoms with E-state index in [-0.39, 0.29) is 29.8 Å². The molecule has 3 fully saturated rings. The van der Waals surface area contributed by atoms with Gasteiger partial charge in [-0.25, -0.2) is 0 Å². The molecule has 3 aliphatic heterocycles. The first-order valence-corrected chi connectivity index (χ1v) is 14.1. The van der Waals surface area contributed by atoms with Crippen molar-refractivity contribution in [2.75, 3.05) is 24.6 Å². The number of carboxylic acid groups (broad SMARTS) is 1. The lowest BCUT2D eigenvalue weighted by Gasteiger charge is -2.37. The molecule has 3 saturated heterocycles. The van der Waals surface area contributed by atoms with E-state index in [0.717, 1.165) is 23.6 Å². The maximum Gasteiger partial charge on any atom is 0.310 e. The lowest BCUT2D eigenvalue weighted by molar-refractivity contribution is -0.149. The monoisotopic (exact) mass is 584 g/mol. The van der Waals surface area contributed by atoms with Crippen molar-refractivity contribution in [3.8, 4) is 0 Å². The van der Waals surface area contributed by atoms with Gasteiger partial charge in [0.25, 0.3) is 5.91 Å². The second-order valence-electron chi connectivity index (χ2n) is 10.4. The Labute approximate surface area is 230 Å².